The molecule has 0 aliphatic heterocycles. The van der Waals surface area contributed by atoms with Gasteiger partial charge in [-0.25, -0.2) is 4.98 Å². The summed E-state index contributed by atoms with van der Waals surface area (Å²) in [6.45, 7) is 2.40. The number of methoxy groups -OCH3 is 1. The van der Waals surface area contributed by atoms with Crippen molar-refractivity contribution in [2.75, 3.05) is 13.7 Å². The Hall–Kier alpha value is -3.44. The summed E-state index contributed by atoms with van der Waals surface area (Å²) in [5.41, 5.74) is 4.77. The van der Waals surface area contributed by atoms with E-state index in [-0.39, 0.29) is 5.91 Å². The van der Waals surface area contributed by atoms with Gasteiger partial charge in [0.15, 0.2) is 0 Å². The number of rotatable bonds is 6. The smallest absolute Gasteiger partial charge is 0.252 e. The summed E-state index contributed by atoms with van der Waals surface area (Å²) < 4.78 is 5.40. The number of carbonyl (C=O) groups excluding carboxylic acids is 1. The van der Waals surface area contributed by atoms with Gasteiger partial charge in [0.05, 0.1) is 23.9 Å². The van der Waals surface area contributed by atoms with Crippen molar-refractivity contribution < 1.29 is 9.53 Å². The molecule has 1 N–H and O–H groups in total. The summed E-state index contributed by atoms with van der Waals surface area (Å²) in [6, 6.07) is 17.0. The second-order valence-electron chi connectivity index (χ2n) is 7.18. The lowest BCUT2D eigenvalue weighted by Crippen LogP contribution is -2.26. The second kappa shape index (κ2) is 9.14. The number of pyridine rings is 2. The molecule has 2 heterocycles. The standard InChI is InChI=1S/C25H22ClN3O2/c1-16-21(26)8-7-19-20(15-22(29-24(16)19)17-9-12-27-13-10-17)25(30)28-14-11-18-5-3-4-6-23(18)31-2/h3-10,12-13,15H,11,14H2,1-2H3,(H,28,30). The Kier molecular flexibility index (Phi) is 6.14. The Morgan fingerprint density at radius 1 is 1.10 bits per heavy atom. The van der Waals surface area contributed by atoms with E-state index in [2.05, 4.69) is 10.3 Å². The third-order valence-corrected chi connectivity index (χ3v) is 5.67. The average Bonchev–Trinajstić information content (AvgIpc) is 2.81. The molecule has 1 amide bonds. The normalized spacial score (nSPS) is 10.8. The minimum atomic E-state index is -0.153. The molecular weight excluding hydrogens is 410 g/mol. The molecule has 0 radical (unpaired) electrons. The number of nitrogens with one attached hydrogen (secondary N) is 1. The molecule has 156 valence electrons. The largest absolute Gasteiger partial charge is 0.496 e. The molecule has 0 fully saturated rings. The molecule has 0 aliphatic rings. The number of hydrogen-bond acceptors (Lipinski definition) is 4. The minimum Gasteiger partial charge on any atom is -0.496 e. The van der Waals surface area contributed by atoms with Gasteiger partial charge in [-0.3, -0.25) is 9.78 Å². The van der Waals surface area contributed by atoms with Gasteiger partial charge in [-0.1, -0.05) is 35.9 Å². The Bertz CT molecular complexity index is 1240. The van der Waals surface area contributed by atoms with Gasteiger partial charge in [-0.15, -0.1) is 0 Å². The molecule has 0 bridgehead atoms. The lowest BCUT2D eigenvalue weighted by atomic mass is 10.0. The summed E-state index contributed by atoms with van der Waals surface area (Å²) in [5, 5.41) is 4.43. The summed E-state index contributed by atoms with van der Waals surface area (Å²) in [6.07, 6.45) is 4.08. The molecule has 31 heavy (non-hydrogen) atoms. The average molecular weight is 432 g/mol. The highest BCUT2D eigenvalue weighted by atomic mass is 35.5. The molecule has 0 atom stereocenters. The Morgan fingerprint density at radius 2 is 1.87 bits per heavy atom. The monoisotopic (exact) mass is 431 g/mol. The zero-order valence-electron chi connectivity index (χ0n) is 17.4. The molecule has 4 rings (SSSR count). The van der Waals surface area contributed by atoms with Gasteiger partial charge in [-0.2, -0.15) is 0 Å². The van der Waals surface area contributed by atoms with Crippen LogP contribution >= 0.6 is 11.6 Å². The van der Waals surface area contributed by atoms with Crippen LogP contribution in [0.15, 0.2) is 67.0 Å². The third kappa shape index (κ3) is 4.37. The van der Waals surface area contributed by atoms with Crippen LogP contribution in [0.1, 0.15) is 21.5 Å². The van der Waals surface area contributed by atoms with Crippen molar-refractivity contribution in [2.24, 2.45) is 0 Å². The van der Waals surface area contributed by atoms with E-state index < -0.39 is 0 Å². The Morgan fingerprint density at radius 3 is 2.65 bits per heavy atom. The Balaban J connectivity index is 1.67. The first-order valence-corrected chi connectivity index (χ1v) is 10.4. The number of ether oxygens (including phenoxy) is 1. The molecule has 0 aliphatic carbocycles. The van der Waals surface area contributed by atoms with Gasteiger partial charge in [0.2, 0.25) is 0 Å². The highest BCUT2D eigenvalue weighted by molar-refractivity contribution is 6.32. The van der Waals surface area contributed by atoms with Crippen molar-refractivity contribution in [1.29, 1.82) is 0 Å². The number of carbonyl (C=O) groups is 1. The second-order valence-corrected chi connectivity index (χ2v) is 7.58. The van der Waals surface area contributed by atoms with E-state index in [1.54, 1.807) is 25.6 Å². The topological polar surface area (TPSA) is 64.1 Å². The number of nitrogens with zero attached hydrogens (tertiary/aromatic N) is 2. The van der Waals surface area contributed by atoms with Crippen LogP contribution in [0.25, 0.3) is 22.2 Å². The van der Waals surface area contributed by atoms with E-state index in [0.29, 0.717) is 29.2 Å². The molecule has 4 aromatic rings. The van der Waals surface area contributed by atoms with Crippen LogP contribution in [0.5, 0.6) is 5.75 Å². The number of halogens is 1. The number of aryl methyl sites for hydroxylation is 1. The number of fused-ring (bicyclic) bond motifs is 1. The zero-order valence-corrected chi connectivity index (χ0v) is 18.1. The predicted molar refractivity (Wildman–Crippen MR) is 124 cm³/mol. The molecule has 6 heteroatoms. The van der Waals surface area contributed by atoms with Crippen LogP contribution in [0.4, 0.5) is 0 Å². The van der Waals surface area contributed by atoms with E-state index in [4.69, 9.17) is 21.3 Å². The lowest BCUT2D eigenvalue weighted by molar-refractivity contribution is 0.0955. The fraction of sp³-hybridized carbons (Fsp3) is 0.160. The van der Waals surface area contributed by atoms with Crippen molar-refractivity contribution in [1.82, 2.24) is 15.3 Å². The Labute approximate surface area is 186 Å². The maximum Gasteiger partial charge on any atom is 0.252 e. The van der Waals surface area contributed by atoms with Crippen LogP contribution in [0, 0.1) is 6.92 Å². The third-order valence-electron chi connectivity index (χ3n) is 5.26. The predicted octanol–water partition coefficient (Wildman–Crippen LogP) is 5.24. The van der Waals surface area contributed by atoms with Crippen molar-refractivity contribution in [3.63, 3.8) is 0 Å². The van der Waals surface area contributed by atoms with Gasteiger partial charge in [0.25, 0.3) is 5.91 Å². The van der Waals surface area contributed by atoms with E-state index >= 15 is 0 Å². The van der Waals surface area contributed by atoms with Crippen molar-refractivity contribution in [2.45, 2.75) is 13.3 Å². The molecule has 5 nitrogen and oxygen atoms in total. The fourth-order valence-electron chi connectivity index (χ4n) is 3.58. The molecule has 2 aromatic carbocycles. The van der Waals surface area contributed by atoms with E-state index in [1.807, 2.05) is 55.5 Å². The molecule has 0 spiro atoms. The molecule has 0 saturated heterocycles. The van der Waals surface area contributed by atoms with E-state index in [0.717, 1.165) is 33.3 Å². The molecule has 0 unspecified atom stereocenters. The van der Waals surface area contributed by atoms with E-state index in [1.165, 1.54) is 0 Å². The summed E-state index contributed by atoms with van der Waals surface area (Å²) in [4.78, 5) is 22.0. The number of benzene rings is 2. The van der Waals surface area contributed by atoms with Crippen LogP contribution in [-0.4, -0.2) is 29.5 Å². The van der Waals surface area contributed by atoms with Crippen LogP contribution in [0.2, 0.25) is 5.02 Å². The maximum atomic E-state index is 13.2. The van der Waals surface area contributed by atoms with Gasteiger partial charge >= 0.3 is 0 Å². The van der Waals surface area contributed by atoms with Crippen LogP contribution in [-0.2, 0) is 6.42 Å². The highest BCUT2D eigenvalue weighted by Gasteiger charge is 2.16. The first kappa shape index (κ1) is 20.8. The van der Waals surface area contributed by atoms with Gasteiger partial charge in [0, 0.05) is 34.9 Å². The summed E-state index contributed by atoms with van der Waals surface area (Å²) in [5.74, 6) is 0.663. The number of hydrogen-bond donors (Lipinski definition) is 1. The van der Waals surface area contributed by atoms with Gasteiger partial charge < -0.3 is 10.1 Å². The number of amides is 1. The molecule has 2 aromatic heterocycles. The first-order chi connectivity index (χ1) is 15.1. The van der Waals surface area contributed by atoms with Crippen molar-refractivity contribution in [3.8, 4) is 17.0 Å². The summed E-state index contributed by atoms with van der Waals surface area (Å²) >= 11 is 6.34. The first-order valence-electron chi connectivity index (χ1n) is 9.99. The fourth-order valence-corrected chi connectivity index (χ4v) is 3.73. The van der Waals surface area contributed by atoms with Gasteiger partial charge in [0.1, 0.15) is 5.75 Å². The quantitative estimate of drug-likeness (QED) is 0.453. The van der Waals surface area contributed by atoms with Gasteiger partial charge in [-0.05, 0) is 54.8 Å². The number of aromatic nitrogens is 2. The van der Waals surface area contributed by atoms with Crippen LogP contribution in [0.3, 0.4) is 0 Å². The summed E-state index contributed by atoms with van der Waals surface area (Å²) in [7, 11) is 1.65. The minimum absolute atomic E-state index is 0.153. The zero-order chi connectivity index (χ0) is 21.8. The highest BCUT2D eigenvalue weighted by Crippen LogP contribution is 2.30. The molecular formula is C25H22ClN3O2. The number of para-hydroxylation sites is 1. The lowest BCUT2D eigenvalue weighted by Gasteiger charge is -2.13. The maximum absolute atomic E-state index is 13.2. The molecule has 0 saturated carbocycles. The van der Waals surface area contributed by atoms with Crippen molar-refractivity contribution in [3.05, 3.63) is 88.7 Å². The SMILES string of the molecule is COc1ccccc1CCNC(=O)c1cc(-c2ccncc2)nc2c(C)c(Cl)ccc12. The van der Waals surface area contributed by atoms with Crippen molar-refractivity contribution >= 4 is 28.4 Å². The van der Waals surface area contributed by atoms with E-state index in [9.17, 15) is 4.79 Å². The van der Waals surface area contributed by atoms with Crippen LogP contribution < -0.4 is 10.1 Å².